The van der Waals surface area contributed by atoms with Crippen LogP contribution >= 0.6 is 0 Å². The van der Waals surface area contributed by atoms with E-state index in [1.807, 2.05) is 12.1 Å². The quantitative estimate of drug-likeness (QED) is 0.436. The summed E-state index contributed by atoms with van der Waals surface area (Å²) in [5, 5.41) is 7.16. The molecule has 1 aromatic rings. The van der Waals surface area contributed by atoms with Crippen molar-refractivity contribution in [1.29, 1.82) is 5.41 Å². The molecule has 1 aromatic carbocycles. The minimum absolute atomic E-state index is 0.274. The zero-order valence-electron chi connectivity index (χ0n) is 12.9. The van der Waals surface area contributed by atoms with Crippen LogP contribution in [0.5, 0.6) is 11.5 Å². The van der Waals surface area contributed by atoms with E-state index in [2.05, 4.69) is 13.0 Å². The van der Waals surface area contributed by atoms with E-state index in [0.717, 1.165) is 56.6 Å². The van der Waals surface area contributed by atoms with Crippen molar-refractivity contribution < 1.29 is 9.47 Å². The predicted molar refractivity (Wildman–Crippen MR) is 85.3 cm³/mol. The van der Waals surface area contributed by atoms with Gasteiger partial charge in [0.2, 0.25) is 0 Å². The highest BCUT2D eigenvalue weighted by Gasteiger charge is 2.18. The van der Waals surface area contributed by atoms with Crippen LogP contribution in [0.25, 0.3) is 0 Å². The number of aryl methyl sites for hydroxylation is 1. The van der Waals surface area contributed by atoms with Gasteiger partial charge in [-0.3, -0.25) is 5.41 Å². The van der Waals surface area contributed by atoms with E-state index in [4.69, 9.17) is 20.6 Å². The summed E-state index contributed by atoms with van der Waals surface area (Å²) in [5.41, 5.74) is 6.58. The van der Waals surface area contributed by atoms with Crippen LogP contribution in [0.1, 0.15) is 51.0 Å². The smallest absolute Gasteiger partial charge is 0.123 e. The molecule has 1 aliphatic heterocycles. The summed E-state index contributed by atoms with van der Waals surface area (Å²) in [6.07, 6.45) is 7.30. The SMILES string of the molecule is CCC1CCc2cc(OCCCCCC(=N)N)ccc2O1. The molecule has 1 unspecified atom stereocenters. The zero-order chi connectivity index (χ0) is 15.1. The van der Waals surface area contributed by atoms with Gasteiger partial charge in [-0.05, 0) is 62.3 Å². The average Bonchev–Trinajstić information content (AvgIpc) is 2.49. The second-order valence-corrected chi connectivity index (χ2v) is 5.64. The Bertz CT molecular complexity index is 474. The van der Waals surface area contributed by atoms with Crippen molar-refractivity contribution in [2.24, 2.45) is 5.73 Å². The molecular formula is C17H26N2O2. The molecule has 0 aliphatic carbocycles. The zero-order valence-corrected chi connectivity index (χ0v) is 12.9. The first-order valence-electron chi connectivity index (χ1n) is 7.94. The number of nitrogens with one attached hydrogen (secondary N) is 1. The third-order valence-electron chi connectivity index (χ3n) is 3.88. The molecule has 1 aliphatic rings. The molecule has 0 fully saturated rings. The lowest BCUT2D eigenvalue weighted by molar-refractivity contribution is 0.169. The van der Waals surface area contributed by atoms with Crippen LogP contribution < -0.4 is 15.2 Å². The fourth-order valence-corrected chi connectivity index (χ4v) is 2.58. The molecule has 0 saturated heterocycles. The number of amidine groups is 1. The molecule has 3 N–H and O–H groups in total. The number of fused-ring (bicyclic) bond motifs is 1. The summed E-state index contributed by atoms with van der Waals surface area (Å²) in [6.45, 7) is 2.88. The molecule has 0 spiro atoms. The molecule has 4 heteroatoms. The molecular weight excluding hydrogens is 264 g/mol. The van der Waals surface area contributed by atoms with Crippen LogP contribution in [-0.2, 0) is 6.42 Å². The van der Waals surface area contributed by atoms with Gasteiger partial charge in [0.15, 0.2) is 0 Å². The van der Waals surface area contributed by atoms with E-state index in [1.165, 1.54) is 5.56 Å². The van der Waals surface area contributed by atoms with E-state index >= 15 is 0 Å². The van der Waals surface area contributed by atoms with Gasteiger partial charge in [0.1, 0.15) is 11.5 Å². The minimum Gasteiger partial charge on any atom is -0.494 e. The van der Waals surface area contributed by atoms with Gasteiger partial charge in [-0.15, -0.1) is 0 Å². The first-order valence-corrected chi connectivity index (χ1v) is 7.94. The number of rotatable bonds is 8. The Kier molecular flexibility index (Phi) is 5.90. The molecule has 0 saturated carbocycles. The molecule has 1 atom stereocenters. The monoisotopic (exact) mass is 290 g/mol. The maximum absolute atomic E-state index is 7.16. The summed E-state index contributed by atoms with van der Waals surface area (Å²) in [6, 6.07) is 6.13. The number of ether oxygens (including phenoxy) is 2. The van der Waals surface area contributed by atoms with Crippen molar-refractivity contribution in [3.8, 4) is 11.5 Å². The van der Waals surface area contributed by atoms with Crippen molar-refractivity contribution in [2.75, 3.05) is 6.61 Å². The molecule has 0 radical (unpaired) electrons. The number of unbranched alkanes of at least 4 members (excludes halogenated alkanes) is 2. The van der Waals surface area contributed by atoms with Crippen molar-refractivity contribution in [2.45, 2.75) is 58.0 Å². The summed E-state index contributed by atoms with van der Waals surface area (Å²) in [5.74, 6) is 2.22. The highest BCUT2D eigenvalue weighted by molar-refractivity contribution is 5.76. The van der Waals surface area contributed by atoms with Crippen LogP contribution in [0, 0.1) is 5.41 Å². The fraction of sp³-hybridized carbons (Fsp3) is 0.588. The Morgan fingerprint density at radius 3 is 3.00 bits per heavy atom. The van der Waals surface area contributed by atoms with Crippen molar-refractivity contribution in [1.82, 2.24) is 0 Å². The Hall–Kier alpha value is -1.71. The predicted octanol–water partition coefficient (Wildman–Crippen LogP) is 3.67. The molecule has 21 heavy (non-hydrogen) atoms. The van der Waals surface area contributed by atoms with Crippen molar-refractivity contribution in [3.63, 3.8) is 0 Å². The maximum atomic E-state index is 7.16. The molecule has 0 aromatic heterocycles. The van der Waals surface area contributed by atoms with Gasteiger partial charge in [0, 0.05) is 6.42 Å². The van der Waals surface area contributed by atoms with E-state index in [-0.39, 0.29) is 5.84 Å². The van der Waals surface area contributed by atoms with Gasteiger partial charge >= 0.3 is 0 Å². The highest BCUT2D eigenvalue weighted by Crippen LogP contribution is 2.31. The van der Waals surface area contributed by atoms with E-state index in [9.17, 15) is 0 Å². The molecule has 116 valence electrons. The Balaban J connectivity index is 1.74. The normalized spacial score (nSPS) is 16.9. The lowest BCUT2D eigenvalue weighted by Gasteiger charge is -2.25. The second kappa shape index (κ2) is 7.91. The first-order chi connectivity index (χ1) is 10.2. The third kappa shape index (κ3) is 4.96. The lowest BCUT2D eigenvalue weighted by atomic mass is 10.0. The molecule has 0 bridgehead atoms. The number of hydrogen-bond donors (Lipinski definition) is 2. The highest BCUT2D eigenvalue weighted by atomic mass is 16.5. The van der Waals surface area contributed by atoms with Crippen LogP contribution in [0.15, 0.2) is 18.2 Å². The fourth-order valence-electron chi connectivity index (χ4n) is 2.58. The van der Waals surface area contributed by atoms with Gasteiger partial charge in [-0.1, -0.05) is 6.92 Å². The van der Waals surface area contributed by atoms with Crippen LogP contribution in [-0.4, -0.2) is 18.5 Å². The van der Waals surface area contributed by atoms with Gasteiger partial charge in [0.05, 0.1) is 18.5 Å². The standard InChI is InChI=1S/C17H26N2O2/c1-2-14-8-7-13-12-15(9-10-16(13)21-14)20-11-5-3-4-6-17(18)19/h9-10,12,14H,2-8,11H2,1H3,(H3,18,19). The van der Waals surface area contributed by atoms with Crippen molar-refractivity contribution >= 4 is 5.84 Å². The molecule has 2 rings (SSSR count). The first kappa shape index (κ1) is 15.7. The number of benzene rings is 1. The van der Waals surface area contributed by atoms with Crippen LogP contribution in [0.3, 0.4) is 0 Å². The summed E-state index contributed by atoms with van der Waals surface area (Å²) >= 11 is 0. The van der Waals surface area contributed by atoms with Gasteiger partial charge in [-0.25, -0.2) is 0 Å². The number of hydrogen-bond acceptors (Lipinski definition) is 3. The molecule has 4 nitrogen and oxygen atoms in total. The van der Waals surface area contributed by atoms with Crippen molar-refractivity contribution in [3.05, 3.63) is 23.8 Å². The van der Waals surface area contributed by atoms with Gasteiger partial charge < -0.3 is 15.2 Å². The topological polar surface area (TPSA) is 68.3 Å². The summed E-state index contributed by atoms with van der Waals surface area (Å²) in [4.78, 5) is 0. The molecule has 0 amide bonds. The number of nitrogens with two attached hydrogens (primary N) is 1. The Labute approximate surface area is 127 Å². The summed E-state index contributed by atoms with van der Waals surface area (Å²) < 4.78 is 11.7. The lowest BCUT2D eigenvalue weighted by Crippen LogP contribution is -2.21. The maximum Gasteiger partial charge on any atom is 0.123 e. The van der Waals surface area contributed by atoms with Gasteiger partial charge in [-0.2, -0.15) is 0 Å². The third-order valence-corrected chi connectivity index (χ3v) is 3.88. The Morgan fingerprint density at radius 2 is 2.24 bits per heavy atom. The van der Waals surface area contributed by atoms with E-state index in [0.29, 0.717) is 12.5 Å². The Morgan fingerprint density at radius 1 is 1.38 bits per heavy atom. The largest absolute Gasteiger partial charge is 0.494 e. The van der Waals surface area contributed by atoms with Gasteiger partial charge in [0.25, 0.3) is 0 Å². The van der Waals surface area contributed by atoms with E-state index < -0.39 is 0 Å². The van der Waals surface area contributed by atoms with Crippen LogP contribution in [0.4, 0.5) is 0 Å². The van der Waals surface area contributed by atoms with E-state index in [1.54, 1.807) is 0 Å². The van der Waals surface area contributed by atoms with Crippen LogP contribution in [0.2, 0.25) is 0 Å². The summed E-state index contributed by atoms with van der Waals surface area (Å²) in [7, 11) is 0. The average molecular weight is 290 g/mol. The minimum atomic E-state index is 0.274. The second-order valence-electron chi connectivity index (χ2n) is 5.64. The molecule has 1 heterocycles.